The van der Waals surface area contributed by atoms with Gasteiger partial charge in [-0.1, -0.05) is 12.1 Å². The monoisotopic (exact) mass is 305 g/mol. The van der Waals surface area contributed by atoms with E-state index >= 15 is 0 Å². The number of morpholine rings is 1. The van der Waals surface area contributed by atoms with Gasteiger partial charge >= 0.3 is 0 Å². The highest BCUT2D eigenvalue weighted by Crippen LogP contribution is 2.22. The number of hydrogen-bond acceptors (Lipinski definition) is 5. The number of amides is 1. The van der Waals surface area contributed by atoms with Gasteiger partial charge in [0.15, 0.2) is 0 Å². The summed E-state index contributed by atoms with van der Waals surface area (Å²) < 4.78 is 6.73. The molecule has 1 saturated heterocycles. The smallest absolute Gasteiger partial charge is 0.225 e. The minimum atomic E-state index is -0.0101. The fraction of sp³-hybridized carbons (Fsp3) is 0.467. The first kappa shape index (κ1) is 14.4. The van der Waals surface area contributed by atoms with Gasteiger partial charge in [0.2, 0.25) is 5.91 Å². The second kappa shape index (κ2) is 6.51. The van der Waals surface area contributed by atoms with Gasteiger partial charge in [-0.15, -0.1) is 11.3 Å². The van der Waals surface area contributed by atoms with Crippen molar-refractivity contribution >= 4 is 27.5 Å². The molecule has 1 N–H and O–H groups in total. The number of hydrogen-bond donors (Lipinski definition) is 1. The highest BCUT2D eigenvalue weighted by atomic mass is 32.1. The molecule has 3 rings (SSSR count). The van der Waals surface area contributed by atoms with E-state index in [9.17, 15) is 4.79 Å². The number of rotatable bonds is 4. The zero-order valence-electron chi connectivity index (χ0n) is 12.0. The molecule has 21 heavy (non-hydrogen) atoms. The Morgan fingerprint density at radius 1 is 1.52 bits per heavy atom. The van der Waals surface area contributed by atoms with Gasteiger partial charge in [0.05, 0.1) is 35.9 Å². The number of carbonyl (C=O) groups excluding carboxylic acids is 1. The van der Waals surface area contributed by atoms with Gasteiger partial charge in [0.1, 0.15) is 5.01 Å². The molecule has 1 atom stereocenters. The Morgan fingerprint density at radius 2 is 2.38 bits per heavy atom. The van der Waals surface area contributed by atoms with Gasteiger partial charge in [0, 0.05) is 20.1 Å². The van der Waals surface area contributed by atoms with Gasteiger partial charge in [-0.05, 0) is 12.1 Å². The first-order valence-electron chi connectivity index (χ1n) is 7.13. The standard InChI is InChI=1S/C15H19N3O2S/c1-18(15(19)8-11-9-16-6-7-20-11)10-14-17-12-4-2-3-5-13(12)21-14/h2-5,11,16H,6-10H2,1H3. The Bertz CT molecular complexity index is 589. The summed E-state index contributed by atoms with van der Waals surface area (Å²) in [6, 6.07) is 8.04. The van der Waals surface area contributed by atoms with Crippen LogP contribution in [0.15, 0.2) is 24.3 Å². The van der Waals surface area contributed by atoms with E-state index in [0.29, 0.717) is 19.6 Å². The highest BCUT2D eigenvalue weighted by molar-refractivity contribution is 7.18. The Kier molecular flexibility index (Phi) is 4.48. The molecule has 2 aromatic rings. The van der Waals surface area contributed by atoms with Gasteiger partial charge in [-0.3, -0.25) is 4.79 Å². The molecule has 0 bridgehead atoms. The lowest BCUT2D eigenvalue weighted by Gasteiger charge is -2.25. The average Bonchev–Trinajstić information content (AvgIpc) is 2.90. The number of para-hydroxylation sites is 1. The van der Waals surface area contributed by atoms with Crippen molar-refractivity contribution in [3.05, 3.63) is 29.3 Å². The molecule has 1 fully saturated rings. The third-order valence-electron chi connectivity index (χ3n) is 3.54. The molecular formula is C15H19N3O2S. The topological polar surface area (TPSA) is 54.5 Å². The fourth-order valence-electron chi connectivity index (χ4n) is 2.38. The van der Waals surface area contributed by atoms with Crippen LogP contribution < -0.4 is 5.32 Å². The first-order valence-corrected chi connectivity index (χ1v) is 7.95. The molecule has 1 aromatic carbocycles. The maximum Gasteiger partial charge on any atom is 0.225 e. The summed E-state index contributed by atoms with van der Waals surface area (Å²) in [5.74, 6) is 0.1000. The number of nitrogens with zero attached hydrogens (tertiary/aromatic N) is 2. The number of benzene rings is 1. The molecule has 112 valence electrons. The normalized spacial score (nSPS) is 18.8. The lowest BCUT2D eigenvalue weighted by molar-refractivity contribution is -0.133. The minimum absolute atomic E-state index is 0.0101. The maximum absolute atomic E-state index is 12.2. The molecule has 1 aliphatic rings. The van der Waals surface area contributed by atoms with E-state index < -0.39 is 0 Å². The predicted molar refractivity (Wildman–Crippen MR) is 83.3 cm³/mol. The van der Waals surface area contributed by atoms with Crippen molar-refractivity contribution in [2.45, 2.75) is 19.1 Å². The van der Waals surface area contributed by atoms with Crippen LogP contribution in [0.4, 0.5) is 0 Å². The second-order valence-corrected chi connectivity index (χ2v) is 6.34. The summed E-state index contributed by atoms with van der Waals surface area (Å²) in [7, 11) is 1.82. The summed E-state index contributed by atoms with van der Waals surface area (Å²) in [4.78, 5) is 18.5. The van der Waals surface area contributed by atoms with Crippen LogP contribution >= 0.6 is 11.3 Å². The molecule has 0 radical (unpaired) electrons. The number of ether oxygens (including phenoxy) is 1. The lowest BCUT2D eigenvalue weighted by Crippen LogP contribution is -2.41. The lowest BCUT2D eigenvalue weighted by atomic mass is 10.2. The summed E-state index contributed by atoms with van der Waals surface area (Å²) in [6.45, 7) is 2.85. The summed E-state index contributed by atoms with van der Waals surface area (Å²) in [5.41, 5.74) is 0.998. The number of fused-ring (bicyclic) bond motifs is 1. The zero-order valence-corrected chi connectivity index (χ0v) is 12.9. The van der Waals surface area contributed by atoms with Crippen molar-refractivity contribution < 1.29 is 9.53 Å². The Balaban J connectivity index is 1.59. The number of thiazole rings is 1. The molecule has 0 spiro atoms. The Labute approximate surface area is 127 Å². The second-order valence-electron chi connectivity index (χ2n) is 5.23. The zero-order chi connectivity index (χ0) is 14.7. The van der Waals surface area contributed by atoms with Gasteiger partial charge in [-0.2, -0.15) is 0 Å². The van der Waals surface area contributed by atoms with Crippen molar-refractivity contribution in [1.82, 2.24) is 15.2 Å². The van der Waals surface area contributed by atoms with Crippen molar-refractivity contribution in [1.29, 1.82) is 0 Å². The van der Waals surface area contributed by atoms with E-state index in [4.69, 9.17) is 4.74 Å². The van der Waals surface area contributed by atoms with Gasteiger partial charge < -0.3 is 15.0 Å². The fourth-order valence-corrected chi connectivity index (χ4v) is 3.40. The van der Waals surface area contributed by atoms with E-state index in [1.165, 1.54) is 0 Å². The van der Waals surface area contributed by atoms with Crippen molar-refractivity contribution in [2.75, 3.05) is 26.7 Å². The van der Waals surface area contributed by atoms with Crippen molar-refractivity contribution in [2.24, 2.45) is 0 Å². The van der Waals surface area contributed by atoms with Crippen LogP contribution in [0, 0.1) is 0 Å². The van der Waals surface area contributed by atoms with Gasteiger partial charge in [0.25, 0.3) is 0 Å². The highest BCUT2D eigenvalue weighted by Gasteiger charge is 2.20. The van der Waals surface area contributed by atoms with Crippen LogP contribution in [0.2, 0.25) is 0 Å². The predicted octanol–water partition coefficient (Wildman–Crippen LogP) is 1.63. The van der Waals surface area contributed by atoms with E-state index in [1.54, 1.807) is 16.2 Å². The maximum atomic E-state index is 12.2. The molecule has 5 nitrogen and oxygen atoms in total. The van der Waals surface area contributed by atoms with Crippen molar-refractivity contribution in [3.63, 3.8) is 0 Å². The van der Waals surface area contributed by atoms with Crippen LogP contribution in [0.25, 0.3) is 10.2 Å². The summed E-state index contributed by atoms with van der Waals surface area (Å²) in [6.07, 6.45) is 0.415. The van der Waals surface area contributed by atoms with E-state index in [1.807, 2.05) is 25.2 Å². The molecule has 1 aliphatic heterocycles. The third-order valence-corrected chi connectivity index (χ3v) is 4.56. The molecule has 0 aliphatic carbocycles. The summed E-state index contributed by atoms with van der Waals surface area (Å²) in [5, 5.41) is 4.21. The molecular weight excluding hydrogens is 286 g/mol. The quantitative estimate of drug-likeness (QED) is 0.933. The van der Waals surface area contributed by atoms with Crippen LogP contribution in [-0.4, -0.2) is 48.6 Å². The third kappa shape index (κ3) is 3.58. The SMILES string of the molecule is CN(Cc1nc2ccccc2s1)C(=O)CC1CNCCO1. The molecule has 0 saturated carbocycles. The Hall–Kier alpha value is -1.50. The number of nitrogens with one attached hydrogen (secondary N) is 1. The van der Waals surface area contributed by atoms with Crippen molar-refractivity contribution in [3.8, 4) is 0 Å². The number of aromatic nitrogens is 1. The van der Waals surface area contributed by atoms with Gasteiger partial charge in [-0.25, -0.2) is 4.98 Å². The van der Waals surface area contributed by atoms with Crippen LogP contribution in [0.3, 0.4) is 0 Å². The largest absolute Gasteiger partial charge is 0.375 e. The molecule has 6 heteroatoms. The molecule has 1 unspecified atom stereocenters. The van der Waals surface area contributed by atoms with Crippen LogP contribution in [0.5, 0.6) is 0 Å². The molecule has 1 aromatic heterocycles. The van der Waals surface area contributed by atoms with E-state index in [0.717, 1.165) is 28.3 Å². The van der Waals surface area contributed by atoms with Crippen LogP contribution in [0.1, 0.15) is 11.4 Å². The Morgan fingerprint density at radius 3 is 3.14 bits per heavy atom. The summed E-state index contributed by atoms with van der Waals surface area (Å²) >= 11 is 1.64. The van der Waals surface area contributed by atoms with E-state index in [-0.39, 0.29) is 12.0 Å². The first-order chi connectivity index (χ1) is 10.2. The van der Waals surface area contributed by atoms with Crippen LogP contribution in [-0.2, 0) is 16.1 Å². The molecule has 2 heterocycles. The van der Waals surface area contributed by atoms with E-state index in [2.05, 4.69) is 16.4 Å². The number of carbonyl (C=O) groups is 1. The minimum Gasteiger partial charge on any atom is -0.375 e. The molecule has 1 amide bonds. The average molecular weight is 305 g/mol.